The summed E-state index contributed by atoms with van der Waals surface area (Å²) in [5.74, 6) is 0.681. The molecule has 0 saturated heterocycles. The number of nitrogens with zero attached hydrogens (tertiary/aromatic N) is 2. The molecule has 1 unspecified atom stereocenters. The molecule has 0 radical (unpaired) electrons. The number of phenols is 1. The average molecular weight is 516 g/mol. The molecule has 11 nitrogen and oxygen atoms in total. The van der Waals surface area contributed by atoms with Crippen molar-refractivity contribution in [2.75, 3.05) is 19.0 Å². The number of phenolic OH excluding ortho intramolecular Hbond substituents is 1. The molecule has 3 rings (SSSR count). The van der Waals surface area contributed by atoms with Gasteiger partial charge in [0.25, 0.3) is 5.91 Å². The number of rotatable bonds is 9. The molecule has 1 aliphatic rings. The number of ether oxygens (including phenoxy) is 3. The number of carbonyl (C=O) groups excluding carboxylic acids is 2. The van der Waals surface area contributed by atoms with Crippen molar-refractivity contribution in [2.45, 2.75) is 77.5 Å². The summed E-state index contributed by atoms with van der Waals surface area (Å²) in [6, 6.07) is 4.84. The highest BCUT2D eigenvalue weighted by Gasteiger charge is 2.30. The fraction of sp³-hybridized carbons (Fsp3) is 0.538. The van der Waals surface area contributed by atoms with E-state index in [9.17, 15) is 14.7 Å². The Morgan fingerprint density at radius 1 is 1.27 bits per heavy atom. The number of hydrogen-bond acceptors (Lipinski definition) is 8. The molecule has 2 aromatic rings. The highest BCUT2D eigenvalue weighted by molar-refractivity contribution is 5.92. The molecule has 202 valence electrons. The van der Waals surface area contributed by atoms with Gasteiger partial charge in [-0.15, -0.1) is 0 Å². The van der Waals surface area contributed by atoms with Crippen LogP contribution in [-0.2, 0) is 9.53 Å². The molecule has 2 amide bonds. The summed E-state index contributed by atoms with van der Waals surface area (Å²) >= 11 is 0. The lowest BCUT2D eigenvalue weighted by atomic mass is 10.0. The number of aliphatic imine (C=N–C) groups is 1. The highest BCUT2D eigenvalue weighted by Crippen LogP contribution is 2.36. The number of aromatic hydroxyl groups is 1. The number of nitrogens with one attached hydrogen (secondary N) is 3. The molecule has 1 aromatic heterocycles. The number of aromatic nitrogens is 2. The molecular weight excluding hydrogens is 478 g/mol. The van der Waals surface area contributed by atoms with Crippen LogP contribution < -0.4 is 20.1 Å². The SMILES string of the molecule is COc1cc(O)c(C=NC(C)(C)C)c(OCC(=O)Nc2cc([C@H]3CCC(OC(=O)NC(C)C)C3)[nH]n2)c1. The normalized spacial score (nSPS) is 17.7. The second kappa shape index (κ2) is 12.0. The Balaban J connectivity index is 1.57. The third kappa shape index (κ3) is 8.40. The molecule has 0 aliphatic heterocycles. The molecule has 2 atom stereocenters. The maximum Gasteiger partial charge on any atom is 0.407 e. The van der Waals surface area contributed by atoms with Crippen molar-refractivity contribution < 1.29 is 28.9 Å². The topological polar surface area (TPSA) is 147 Å². The van der Waals surface area contributed by atoms with Gasteiger partial charge in [-0.3, -0.25) is 14.9 Å². The second-order valence-electron chi connectivity index (χ2n) is 10.4. The lowest BCUT2D eigenvalue weighted by Gasteiger charge is -2.15. The number of alkyl carbamates (subject to hydrolysis) is 1. The number of aromatic amines is 1. The third-order valence-corrected chi connectivity index (χ3v) is 5.64. The number of amides is 2. The van der Waals surface area contributed by atoms with Gasteiger partial charge in [-0.2, -0.15) is 5.10 Å². The summed E-state index contributed by atoms with van der Waals surface area (Å²) in [6.07, 6.45) is 3.24. The van der Waals surface area contributed by atoms with Crippen molar-refractivity contribution in [3.8, 4) is 17.2 Å². The van der Waals surface area contributed by atoms with Gasteiger partial charge >= 0.3 is 6.09 Å². The van der Waals surface area contributed by atoms with Crippen molar-refractivity contribution in [1.29, 1.82) is 0 Å². The first kappa shape index (κ1) is 27.8. The average Bonchev–Trinajstić information content (AvgIpc) is 3.44. The maximum absolute atomic E-state index is 12.6. The van der Waals surface area contributed by atoms with E-state index in [1.807, 2.05) is 34.6 Å². The van der Waals surface area contributed by atoms with Gasteiger partial charge in [0.2, 0.25) is 0 Å². The van der Waals surface area contributed by atoms with Gasteiger partial charge in [0.1, 0.15) is 23.4 Å². The number of methoxy groups -OCH3 is 1. The predicted octanol–water partition coefficient (Wildman–Crippen LogP) is 4.13. The quantitative estimate of drug-likeness (QED) is 0.367. The summed E-state index contributed by atoms with van der Waals surface area (Å²) in [6.45, 7) is 9.24. The van der Waals surface area contributed by atoms with Crippen LogP contribution in [0.25, 0.3) is 0 Å². The fourth-order valence-corrected chi connectivity index (χ4v) is 3.90. The number of benzene rings is 1. The minimum Gasteiger partial charge on any atom is -0.507 e. The van der Waals surface area contributed by atoms with Crippen LogP contribution in [-0.4, -0.2) is 64.9 Å². The van der Waals surface area contributed by atoms with Gasteiger partial charge in [-0.1, -0.05) is 0 Å². The molecule has 4 N–H and O–H groups in total. The van der Waals surface area contributed by atoms with E-state index in [1.54, 1.807) is 12.1 Å². The summed E-state index contributed by atoms with van der Waals surface area (Å²) in [7, 11) is 1.47. The summed E-state index contributed by atoms with van der Waals surface area (Å²) in [5, 5.41) is 23.0. The number of carbonyl (C=O) groups is 2. The van der Waals surface area contributed by atoms with E-state index in [0.717, 1.165) is 18.5 Å². The Morgan fingerprint density at radius 3 is 2.70 bits per heavy atom. The fourth-order valence-electron chi connectivity index (χ4n) is 3.90. The van der Waals surface area contributed by atoms with Crippen LogP contribution in [0.1, 0.15) is 71.1 Å². The largest absolute Gasteiger partial charge is 0.507 e. The Kier molecular flexibility index (Phi) is 9.01. The molecule has 11 heteroatoms. The lowest BCUT2D eigenvalue weighted by Crippen LogP contribution is -2.33. The zero-order chi connectivity index (χ0) is 27.2. The Bertz CT molecular complexity index is 1120. The van der Waals surface area contributed by atoms with Crippen molar-refractivity contribution in [3.05, 3.63) is 29.5 Å². The number of anilines is 1. The van der Waals surface area contributed by atoms with E-state index < -0.39 is 12.0 Å². The van der Waals surface area contributed by atoms with Gasteiger partial charge in [0.05, 0.1) is 18.2 Å². The summed E-state index contributed by atoms with van der Waals surface area (Å²) in [4.78, 5) is 28.8. The van der Waals surface area contributed by atoms with Crippen LogP contribution in [0.3, 0.4) is 0 Å². The van der Waals surface area contributed by atoms with Crippen LogP contribution in [0.15, 0.2) is 23.2 Å². The van der Waals surface area contributed by atoms with Crippen LogP contribution in [0.2, 0.25) is 0 Å². The number of hydrogen-bond donors (Lipinski definition) is 4. The third-order valence-electron chi connectivity index (χ3n) is 5.64. The molecule has 1 aliphatic carbocycles. The zero-order valence-electron chi connectivity index (χ0n) is 22.3. The first-order valence-corrected chi connectivity index (χ1v) is 12.3. The molecule has 0 bridgehead atoms. The van der Waals surface area contributed by atoms with Crippen molar-refractivity contribution in [3.63, 3.8) is 0 Å². The molecule has 1 saturated carbocycles. The summed E-state index contributed by atoms with van der Waals surface area (Å²) < 4.78 is 16.4. The van der Waals surface area contributed by atoms with Gasteiger partial charge in [0, 0.05) is 42.1 Å². The predicted molar refractivity (Wildman–Crippen MR) is 140 cm³/mol. The van der Waals surface area contributed by atoms with Crippen LogP contribution >= 0.6 is 0 Å². The minimum atomic E-state index is -0.419. The molecule has 1 aromatic carbocycles. The Morgan fingerprint density at radius 2 is 2.03 bits per heavy atom. The Labute approximate surface area is 217 Å². The Hall–Kier alpha value is -3.76. The molecular formula is C26H37N5O6. The van der Waals surface area contributed by atoms with E-state index in [-0.39, 0.29) is 41.7 Å². The van der Waals surface area contributed by atoms with E-state index in [1.165, 1.54) is 19.4 Å². The minimum absolute atomic E-state index is 0.0188. The van der Waals surface area contributed by atoms with E-state index in [0.29, 0.717) is 23.6 Å². The van der Waals surface area contributed by atoms with Crippen molar-refractivity contribution >= 4 is 24.0 Å². The molecule has 1 heterocycles. The van der Waals surface area contributed by atoms with Crippen molar-refractivity contribution in [2.24, 2.45) is 4.99 Å². The highest BCUT2D eigenvalue weighted by atomic mass is 16.6. The molecule has 1 fully saturated rings. The van der Waals surface area contributed by atoms with Crippen LogP contribution in [0, 0.1) is 0 Å². The zero-order valence-corrected chi connectivity index (χ0v) is 22.3. The monoisotopic (exact) mass is 515 g/mol. The first-order valence-electron chi connectivity index (χ1n) is 12.3. The van der Waals surface area contributed by atoms with Gasteiger partial charge in [-0.05, 0) is 53.9 Å². The summed E-state index contributed by atoms with van der Waals surface area (Å²) in [5.41, 5.74) is 0.862. The van der Waals surface area contributed by atoms with E-state index >= 15 is 0 Å². The first-order chi connectivity index (χ1) is 17.4. The van der Waals surface area contributed by atoms with Gasteiger partial charge in [0.15, 0.2) is 12.4 Å². The standard InChI is InChI=1S/C26H37N5O6/c1-15(2)28-25(34)37-17-8-7-16(9-17)20-12-23(31-30-20)29-24(33)14-36-22-11-18(35-6)10-21(32)19(22)13-27-26(3,4)5/h10-13,15-17,32H,7-9,14H2,1-6H3,(H,28,34)(H2,29,30,31,33)/t16-,17?/m0/s1. The van der Waals surface area contributed by atoms with Gasteiger partial charge < -0.3 is 30.0 Å². The van der Waals surface area contributed by atoms with Crippen molar-refractivity contribution in [1.82, 2.24) is 15.5 Å². The van der Waals surface area contributed by atoms with Crippen LogP contribution in [0.5, 0.6) is 17.2 Å². The van der Waals surface area contributed by atoms with Crippen LogP contribution in [0.4, 0.5) is 10.6 Å². The molecule has 0 spiro atoms. The number of H-pyrrole nitrogens is 1. The second-order valence-corrected chi connectivity index (χ2v) is 10.4. The molecule has 37 heavy (non-hydrogen) atoms. The smallest absolute Gasteiger partial charge is 0.407 e. The van der Waals surface area contributed by atoms with E-state index in [4.69, 9.17) is 14.2 Å². The van der Waals surface area contributed by atoms with Gasteiger partial charge in [-0.25, -0.2) is 4.79 Å². The van der Waals surface area contributed by atoms with E-state index in [2.05, 4.69) is 25.8 Å². The maximum atomic E-state index is 12.6. The lowest BCUT2D eigenvalue weighted by molar-refractivity contribution is -0.118.